The predicted octanol–water partition coefficient (Wildman–Crippen LogP) is 4.32. The smallest absolute Gasteiger partial charge is 0.103 e. The Morgan fingerprint density at radius 3 is 2.89 bits per heavy atom. The van der Waals surface area contributed by atoms with Crippen molar-refractivity contribution in [3.63, 3.8) is 0 Å². The van der Waals surface area contributed by atoms with Crippen LogP contribution in [0.25, 0.3) is 0 Å². The maximum atomic E-state index is 5.41. The molecule has 0 aliphatic heterocycles. The molecule has 0 spiro atoms. The summed E-state index contributed by atoms with van der Waals surface area (Å²) < 4.78 is 5.41. The van der Waals surface area contributed by atoms with Crippen LogP contribution in [0.5, 0.6) is 0 Å². The Bertz CT molecular complexity index is 447. The first kappa shape index (κ1) is 13.4. The number of hydrogen-bond acceptors (Lipinski definition) is 3. The SMILES string of the molecule is CCCNC(CCc1ccco1)c1ccsc1C. The number of nitrogens with one attached hydrogen (secondary N) is 1. The minimum atomic E-state index is 0.446. The Morgan fingerprint density at radius 1 is 1.39 bits per heavy atom. The molecule has 3 heteroatoms. The first-order chi connectivity index (χ1) is 8.81. The van der Waals surface area contributed by atoms with Gasteiger partial charge >= 0.3 is 0 Å². The van der Waals surface area contributed by atoms with Crippen molar-refractivity contribution in [2.24, 2.45) is 0 Å². The summed E-state index contributed by atoms with van der Waals surface area (Å²) in [5.74, 6) is 1.08. The van der Waals surface area contributed by atoms with Crippen LogP contribution in [-0.4, -0.2) is 6.54 Å². The zero-order valence-corrected chi connectivity index (χ0v) is 11.9. The fraction of sp³-hybridized carbons (Fsp3) is 0.467. The molecule has 0 aromatic carbocycles. The fourth-order valence-electron chi connectivity index (χ4n) is 2.18. The normalized spacial score (nSPS) is 12.8. The molecule has 1 N–H and O–H groups in total. The van der Waals surface area contributed by atoms with Crippen molar-refractivity contribution in [2.45, 2.75) is 39.2 Å². The van der Waals surface area contributed by atoms with Crippen molar-refractivity contribution in [2.75, 3.05) is 6.54 Å². The molecule has 0 aliphatic rings. The maximum Gasteiger partial charge on any atom is 0.103 e. The summed E-state index contributed by atoms with van der Waals surface area (Å²) in [6.45, 7) is 5.47. The standard InChI is InChI=1S/C15H21NOS/c1-3-9-16-15(14-8-11-18-12(14)2)7-6-13-5-4-10-17-13/h4-5,8,10-11,15-16H,3,6-7,9H2,1-2H3. The molecule has 0 bridgehead atoms. The van der Waals surface area contributed by atoms with E-state index in [0.29, 0.717) is 6.04 Å². The average molecular weight is 263 g/mol. The van der Waals surface area contributed by atoms with Crippen LogP contribution in [0.15, 0.2) is 34.3 Å². The van der Waals surface area contributed by atoms with Crippen LogP contribution in [0.4, 0.5) is 0 Å². The molecule has 0 radical (unpaired) electrons. The van der Waals surface area contributed by atoms with E-state index in [9.17, 15) is 0 Å². The summed E-state index contributed by atoms with van der Waals surface area (Å²) in [6.07, 6.45) is 4.99. The van der Waals surface area contributed by atoms with Gasteiger partial charge in [-0.25, -0.2) is 0 Å². The largest absolute Gasteiger partial charge is 0.469 e. The molecular weight excluding hydrogens is 242 g/mol. The van der Waals surface area contributed by atoms with Crippen molar-refractivity contribution in [1.29, 1.82) is 0 Å². The molecule has 0 saturated carbocycles. The molecule has 2 aromatic rings. The topological polar surface area (TPSA) is 25.2 Å². The first-order valence-electron chi connectivity index (χ1n) is 6.61. The van der Waals surface area contributed by atoms with Crippen LogP contribution in [0, 0.1) is 6.92 Å². The highest BCUT2D eigenvalue weighted by Gasteiger charge is 2.14. The summed E-state index contributed by atoms with van der Waals surface area (Å²) in [4.78, 5) is 1.42. The summed E-state index contributed by atoms with van der Waals surface area (Å²) >= 11 is 1.83. The third kappa shape index (κ3) is 3.47. The molecule has 1 unspecified atom stereocenters. The van der Waals surface area contributed by atoms with Gasteiger partial charge in [0.2, 0.25) is 0 Å². The summed E-state index contributed by atoms with van der Waals surface area (Å²) in [6, 6.07) is 6.70. The van der Waals surface area contributed by atoms with Crippen LogP contribution in [0.3, 0.4) is 0 Å². The molecule has 2 rings (SSSR count). The van der Waals surface area contributed by atoms with Gasteiger partial charge in [0, 0.05) is 17.3 Å². The highest BCUT2D eigenvalue weighted by Crippen LogP contribution is 2.26. The zero-order valence-electron chi connectivity index (χ0n) is 11.1. The lowest BCUT2D eigenvalue weighted by atomic mass is 10.0. The number of hydrogen-bond donors (Lipinski definition) is 1. The molecule has 2 heterocycles. The van der Waals surface area contributed by atoms with Crippen molar-refractivity contribution >= 4 is 11.3 Å². The van der Waals surface area contributed by atoms with Gasteiger partial charge < -0.3 is 9.73 Å². The fourth-order valence-corrected chi connectivity index (χ4v) is 2.95. The van der Waals surface area contributed by atoms with E-state index in [0.717, 1.165) is 25.1 Å². The molecule has 0 saturated heterocycles. The van der Waals surface area contributed by atoms with Crippen molar-refractivity contribution < 1.29 is 4.42 Å². The summed E-state index contributed by atoms with van der Waals surface area (Å²) in [5.41, 5.74) is 1.44. The van der Waals surface area contributed by atoms with Gasteiger partial charge in [-0.3, -0.25) is 0 Å². The van der Waals surface area contributed by atoms with Gasteiger partial charge in [-0.15, -0.1) is 11.3 Å². The van der Waals surface area contributed by atoms with E-state index in [4.69, 9.17) is 4.42 Å². The monoisotopic (exact) mass is 263 g/mol. The quantitative estimate of drug-likeness (QED) is 0.804. The molecule has 1 atom stereocenters. The Balaban J connectivity index is 1.99. The van der Waals surface area contributed by atoms with Crippen molar-refractivity contribution in [1.82, 2.24) is 5.32 Å². The Morgan fingerprint density at radius 2 is 2.28 bits per heavy atom. The third-order valence-electron chi connectivity index (χ3n) is 3.17. The van der Waals surface area contributed by atoms with Gasteiger partial charge in [0.1, 0.15) is 5.76 Å². The molecule has 2 aromatic heterocycles. The Hall–Kier alpha value is -1.06. The van der Waals surface area contributed by atoms with Crippen LogP contribution in [0.2, 0.25) is 0 Å². The van der Waals surface area contributed by atoms with Crippen molar-refractivity contribution in [3.05, 3.63) is 46.0 Å². The van der Waals surface area contributed by atoms with Gasteiger partial charge in [-0.05, 0) is 55.5 Å². The molecule has 0 aliphatic carbocycles. The molecule has 0 amide bonds. The zero-order chi connectivity index (χ0) is 12.8. The van der Waals surface area contributed by atoms with Crippen LogP contribution >= 0.6 is 11.3 Å². The highest BCUT2D eigenvalue weighted by molar-refractivity contribution is 7.10. The highest BCUT2D eigenvalue weighted by atomic mass is 32.1. The molecule has 2 nitrogen and oxygen atoms in total. The average Bonchev–Trinajstić information content (AvgIpc) is 3.01. The summed E-state index contributed by atoms with van der Waals surface area (Å²) in [7, 11) is 0. The lowest BCUT2D eigenvalue weighted by molar-refractivity contribution is 0.452. The maximum absolute atomic E-state index is 5.41. The number of aryl methyl sites for hydroxylation is 2. The van der Waals surface area contributed by atoms with Gasteiger partial charge in [0.25, 0.3) is 0 Å². The first-order valence-corrected chi connectivity index (χ1v) is 7.49. The minimum absolute atomic E-state index is 0.446. The predicted molar refractivity (Wildman–Crippen MR) is 77.1 cm³/mol. The van der Waals surface area contributed by atoms with E-state index in [2.05, 4.69) is 36.7 Å². The van der Waals surface area contributed by atoms with E-state index in [1.165, 1.54) is 16.9 Å². The van der Waals surface area contributed by atoms with E-state index in [1.807, 2.05) is 17.4 Å². The lowest BCUT2D eigenvalue weighted by Crippen LogP contribution is -2.22. The lowest BCUT2D eigenvalue weighted by Gasteiger charge is -2.18. The second-order valence-corrected chi connectivity index (χ2v) is 5.68. The van der Waals surface area contributed by atoms with Gasteiger partial charge in [-0.1, -0.05) is 6.92 Å². The Kier molecular flexibility index (Phi) is 5.02. The number of furan rings is 1. The van der Waals surface area contributed by atoms with Crippen molar-refractivity contribution in [3.8, 4) is 0 Å². The molecule has 0 fully saturated rings. The molecular formula is C15H21NOS. The van der Waals surface area contributed by atoms with E-state index in [1.54, 1.807) is 6.26 Å². The minimum Gasteiger partial charge on any atom is -0.469 e. The number of thiophene rings is 1. The van der Waals surface area contributed by atoms with Crippen LogP contribution in [-0.2, 0) is 6.42 Å². The molecule has 98 valence electrons. The van der Waals surface area contributed by atoms with Gasteiger partial charge in [0.05, 0.1) is 6.26 Å². The summed E-state index contributed by atoms with van der Waals surface area (Å²) in [5, 5.41) is 5.82. The van der Waals surface area contributed by atoms with E-state index >= 15 is 0 Å². The van der Waals surface area contributed by atoms with Gasteiger partial charge in [-0.2, -0.15) is 0 Å². The Labute approximate surface area is 113 Å². The third-order valence-corrected chi connectivity index (χ3v) is 4.04. The number of rotatable bonds is 7. The van der Waals surface area contributed by atoms with Gasteiger partial charge in [0.15, 0.2) is 0 Å². The van der Waals surface area contributed by atoms with E-state index < -0.39 is 0 Å². The van der Waals surface area contributed by atoms with Crippen LogP contribution in [0.1, 0.15) is 42.0 Å². The second kappa shape index (κ2) is 6.76. The molecule has 18 heavy (non-hydrogen) atoms. The van der Waals surface area contributed by atoms with Crippen LogP contribution < -0.4 is 5.32 Å². The van der Waals surface area contributed by atoms with E-state index in [-0.39, 0.29) is 0 Å². The second-order valence-electron chi connectivity index (χ2n) is 4.56.